The molecule has 0 fully saturated rings. The number of aliphatic hydroxyl groups excluding tert-OH is 1. The van der Waals surface area contributed by atoms with E-state index < -0.39 is 21.0 Å². The molecule has 0 aliphatic rings. The van der Waals surface area contributed by atoms with Crippen molar-refractivity contribution >= 4 is 34.8 Å². The van der Waals surface area contributed by atoms with Gasteiger partial charge in [0.15, 0.2) is 0 Å². The Labute approximate surface area is 121 Å². The van der Waals surface area contributed by atoms with Gasteiger partial charge in [-0.2, -0.15) is 5.10 Å². The first kappa shape index (κ1) is 16.0. The maximum Gasteiger partial charge on any atom is 0.239 e. The zero-order chi connectivity index (χ0) is 14.2. The van der Waals surface area contributed by atoms with E-state index in [4.69, 9.17) is 34.8 Å². The quantitative estimate of drug-likeness (QED) is 0.838. The normalized spacial score (nSPS) is 18.4. The Morgan fingerprint density at radius 2 is 1.83 bits per heavy atom. The third-order valence-electron chi connectivity index (χ3n) is 2.73. The van der Waals surface area contributed by atoms with Crippen LogP contribution in [0, 0.1) is 5.41 Å². The maximum atomic E-state index is 10.5. The van der Waals surface area contributed by atoms with Crippen molar-refractivity contribution in [1.29, 1.82) is 0 Å². The number of nitrogens with zero attached hydrogens (tertiary/aromatic N) is 3. The zero-order valence-electron chi connectivity index (χ0n) is 10.3. The van der Waals surface area contributed by atoms with Gasteiger partial charge in [0.05, 0.1) is 6.10 Å². The second-order valence-electron chi connectivity index (χ2n) is 5.24. The number of aromatic nitrogens is 3. The molecule has 2 N–H and O–H groups in total. The molecule has 0 bridgehead atoms. The van der Waals surface area contributed by atoms with Gasteiger partial charge in [0.2, 0.25) is 9.52 Å². The van der Waals surface area contributed by atoms with Gasteiger partial charge in [-0.05, 0) is 5.41 Å². The van der Waals surface area contributed by atoms with Crippen LogP contribution in [0.3, 0.4) is 0 Å². The standard InChI is InChI=1S/C10H16Cl3N3O2/c1-8(2,3)7(17)4-9(18,10(11,12)13)16-6-14-5-15-16/h5-7,17-18H,4H2,1-3H3. The van der Waals surface area contributed by atoms with Gasteiger partial charge in [-0.3, -0.25) is 0 Å². The van der Waals surface area contributed by atoms with Crippen LogP contribution in [0.15, 0.2) is 12.7 Å². The Kier molecular flexibility index (Phi) is 4.56. The lowest BCUT2D eigenvalue weighted by atomic mass is 9.84. The summed E-state index contributed by atoms with van der Waals surface area (Å²) in [7, 11) is 0. The van der Waals surface area contributed by atoms with Crippen LogP contribution < -0.4 is 0 Å². The summed E-state index contributed by atoms with van der Waals surface area (Å²) in [5, 5.41) is 24.4. The average Bonchev–Trinajstić information content (AvgIpc) is 2.66. The number of rotatable bonds is 3. The smallest absolute Gasteiger partial charge is 0.239 e. The highest BCUT2D eigenvalue weighted by atomic mass is 35.6. The summed E-state index contributed by atoms with van der Waals surface area (Å²) in [5.74, 6) is 0. The van der Waals surface area contributed by atoms with E-state index in [1.54, 1.807) is 0 Å². The van der Waals surface area contributed by atoms with Crippen molar-refractivity contribution < 1.29 is 10.2 Å². The van der Waals surface area contributed by atoms with Crippen LogP contribution in [0.5, 0.6) is 0 Å². The molecule has 8 heteroatoms. The molecule has 2 atom stereocenters. The lowest BCUT2D eigenvalue weighted by Crippen LogP contribution is -2.50. The van der Waals surface area contributed by atoms with Crippen LogP contribution in [-0.4, -0.2) is 34.9 Å². The molecule has 5 nitrogen and oxygen atoms in total. The minimum Gasteiger partial charge on any atom is -0.392 e. The lowest BCUT2D eigenvalue weighted by molar-refractivity contribution is -0.101. The molecule has 1 aromatic heterocycles. The number of halogens is 3. The van der Waals surface area contributed by atoms with Crippen molar-refractivity contribution in [3.8, 4) is 0 Å². The Hall–Kier alpha value is -0.0700. The van der Waals surface area contributed by atoms with E-state index in [0.29, 0.717) is 0 Å². The van der Waals surface area contributed by atoms with Gasteiger partial charge in [-0.1, -0.05) is 55.6 Å². The summed E-state index contributed by atoms with van der Waals surface area (Å²) < 4.78 is -1.01. The molecule has 0 amide bonds. The third kappa shape index (κ3) is 3.27. The first-order valence-electron chi connectivity index (χ1n) is 5.31. The second-order valence-corrected chi connectivity index (χ2v) is 7.52. The predicted molar refractivity (Wildman–Crippen MR) is 70.6 cm³/mol. The topological polar surface area (TPSA) is 71.2 Å². The molecule has 2 unspecified atom stereocenters. The van der Waals surface area contributed by atoms with E-state index in [2.05, 4.69) is 10.1 Å². The Bertz CT molecular complexity index is 386. The minimum atomic E-state index is -2.05. The fourth-order valence-corrected chi connectivity index (χ4v) is 1.81. The predicted octanol–water partition coefficient (Wildman–Crippen LogP) is 2.09. The van der Waals surface area contributed by atoms with E-state index in [0.717, 1.165) is 4.68 Å². The van der Waals surface area contributed by atoms with Crippen molar-refractivity contribution in [2.24, 2.45) is 5.41 Å². The van der Waals surface area contributed by atoms with Gasteiger partial charge in [0.1, 0.15) is 12.7 Å². The summed E-state index contributed by atoms with van der Waals surface area (Å²) in [5.41, 5.74) is -2.44. The van der Waals surface area contributed by atoms with Gasteiger partial charge < -0.3 is 10.2 Å². The summed E-state index contributed by atoms with van der Waals surface area (Å²) in [4.78, 5) is 3.71. The molecule has 0 spiro atoms. The number of aliphatic hydroxyl groups is 2. The van der Waals surface area contributed by atoms with Crippen molar-refractivity contribution in [2.75, 3.05) is 0 Å². The van der Waals surface area contributed by atoms with E-state index in [9.17, 15) is 10.2 Å². The largest absolute Gasteiger partial charge is 0.392 e. The SMILES string of the molecule is CC(C)(C)C(O)CC(O)(n1cncn1)C(Cl)(Cl)Cl. The van der Waals surface area contributed by atoms with Gasteiger partial charge >= 0.3 is 0 Å². The number of hydrogen-bond donors (Lipinski definition) is 2. The van der Waals surface area contributed by atoms with Gasteiger partial charge in [0.25, 0.3) is 0 Å². The van der Waals surface area contributed by atoms with Gasteiger partial charge in [0, 0.05) is 6.42 Å². The van der Waals surface area contributed by atoms with E-state index in [1.807, 2.05) is 20.8 Å². The van der Waals surface area contributed by atoms with Crippen molar-refractivity contribution in [1.82, 2.24) is 14.8 Å². The molecular weight excluding hydrogens is 300 g/mol. The molecule has 1 aromatic rings. The monoisotopic (exact) mass is 315 g/mol. The summed E-state index contributed by atoms with van der Waals surface area (Å²) in [6, 6.07) is 0. The van der Waals surface area contributed by atoms with Crippen LogP contribution in [0.2, 0.25) is 0 Å². The highest BCUT2D eigenvalue weighted by Gasteiger charge is 2.52. The highest BCUT2D eigenvalue weighted by Crippen LogP contribution is 2.45. The molecule has 0 aliphatic carbocycles. The van der Waals surface area contributed by atoms with Crippen molar-refractivity contribution in [2.45, 2.75) is 42.8 Å². The van der Waals surface area contributed by atoms with Crippen LogP contribution >= 0.6 is 34.8 Å². The van der Waals surface area contributed by atoms with Crippen LogP contribution in [0.1, 0.15) is 27.2 Å². The highest BCUT2D eigenvalue weighted by molar-refractivity contribution is 6.68. The summed E-state index contributed by atoms with van der Waals surface area (Å²) in [6.45, 7) is 5.45. The molecule has 1 rings (SSSR count). The minimum absolute atomic E-state index is 0.184. The molecule has 104 valence electrons. The number of alkyl halides is 3. The second kappa shape index (κ2) is 5.13. The Balaban J connectivity index is 3.09. The molecule has 0 radical (unpaired) electrons. The molecular formula is C10H16Cl3N3O2. The average molecular weight is 317 g/mol. The summed E-state index contributed by atoms with van der Waals surface area (Å²) >= 11 is 17.4. The zero-order valence-corrected chi connectivity index (χ0v) is 12.6. The lowest BCUT2D eigenvalue weighted by Gasteiger charge is -2.38. The van der Waals surface area contributed by atoms with E-state index in [1.165, 1.54) is 12.7 Å². The molecule has 1 heterocycles. The molecule has 0 saturated heterocycles. The first-order valence-corrected chi connectivity index (χ1v) is 6.44. The fraction of sp³-hybridized carbons (Fsp3) is 0.800. The van der Waals surface area contributed by atoms with Crippen LogP contribution in [0.4, 0.5) is 0 Å². The van der Waals surface area contributed by atoms with E-state index >= 15 is 0 Å². The van der Waals surface area contributed by atoms with Crippen LogP contribution in [0.25, 0.3) is 0 Å². The maximum absolute atomic E-state index is 10.5. The molecule has 0 aromatic carbocycles. The molecule has 0 aliphatic heterocycles. The van der Waals surface area contributed by atoms with Crippen LogP contribution in [-0.2, 0) is 5.72 Å². The van der Waals surface area contributed by atoms with Crippen molar-refractivity contribution in [3.05, 3.63) is 12.7 Å². The Morgan fingerprint density at radius 3 is 2.17 bits per heavy atom. The molecule has 0 saturated carbocycles. The number of hydrogen-bond acceptors (Lipinski definition) is 4. The molecule has 18 heavy (non-hydrogen) atoms. The fourth-order valence-electron chi connectivity index (χ4n) is 1.31. The first-order chi connectivity index (χ1) is 7.98. The third-order valence-corrected chi connectivity index (χ3v) is 3.64. The Morgan fingerprint density at radius 1 is 1.28 bits per heavy atom. The van der Waals surface area contributed by atoms with E-state index in [-0.39, 0.29) is 6.42 Å². The van der Waals surface area contributed by atoms with Gasteiger partial charge in [-0.15, -0.1) is 0 Å². The van der Waals surface area contributed by atoms with Crippen molar-refractivity contribution in [3.63, 3.8) is 0 Å². The van der Waals surface area contributed by atoms with Gasteiger partial charge in [-0.25, -0.2) is 9.67 Å². The summed E-state index contributed by atoms with van der Waals surface area (Å²) in [6.07, 6.45) is 1.38.